The summed E-state index contributed by atoms with van der Waals surface area (Å²) in [5.41, 5.74) is 8.23. The first-order valence-corrected chi connectivity index (χ1v) is 7.75. The summed E-state index contributed by atoms with van der Waals surface area (Å²) in [6, 6.07) is 16.4. The van der Waals surface area contributed by atoms with Gasteiger partial charge in [0.1, 0.15) is 11.5 Å². The first kappa shape index (κ1) is 16.4. The molecule has 0 aliphatic carbocycles. The van der Waals surface area contributed by atoms with E-state index in [1.807, 2.05) is 44.2 Å². The molecule has 2 aromatic rings. The molecule has 118 valence electrons. The Hall–Kier alpha value is -2.00. The van der Waals surface area contributed by atoms with Crippen molar-refractivity contribution in [2.75, 3.05) is 13.7 Å². The molecule has 2 rings (SSSR count). The van der Waals surface area contributed by atoms with Gasteiger partial charge in [0.15, 0.2) is 0 Å². The van der Waals surface area contributed by atoms with Gasteiger partial charge in [-0.05, 0) is 50.6 Å². The normalized spacial score (nSPS) is 12.2. The second-order valence-electron chi connectivity index (χ2n) is 5.61. The maximum absolute atomic E-state index is 5.83. The van der Waals surface area contributed by atoms with Gasteiger partial charge in [-0.1, -0.05) is 30.3 Å². The summed E-state index contributed by atoms with van der Waals surface area (Å²) in [5.74, 6) is 2.03. The summed E-state index contributed by atoms with van der Waals surface area (Å²) in [6.07, 6.45) is 1.06. The van der Waals surface area contributed by atoms with E-state index in [0.717, 1.165) is 17.9 Å². The fraction of sp³-hybridized carbons (Fsp3) is 0.368. The van der Waals surface area contributed by atoms with Crippen molar-refractivity contribution in [1.82, 2.24) is 0 Å². The smallest absolute Gasteiger partial charge is 0.122 e. The van der Waals surface area contributed by atoms with Crippen LogP contribution in [0.1, 0.15) is 37.3 Å². The molecule has 0 saturated carbocycles. The van der Waals surface area contributed by atoms with Crippen LogP contribution in [0.2, 0.25) is 0 Å². The molecule has 0 saturated heterocycles. The van der Waals surface area contributed by atoms with Crippen LogP contribution in [-0.4, -0.2) is 19.8 Å². The molecule has 22 heavy (non-hydrogen) atoms. The SMILES string of the molecule is COc1ccccc1[C@@H](CCN)c1ccc(OC(C)C)cc1. The minimum atomic E-state index is 0.180. The van der Waals surface area contributed by atoms with E-state index in [0.29, 0.717) is 6.54 Å². The number of para-hydroxylation sites is 1. The van der Waals surface area contributed by atoms with E-state index in [1.165, 1.54) is 11.1 Å². The Morgan fingerprint density at radius 3 is 2.27 bits per heavy atom. The van der Waals surface area contributed by atoms with Crippen LogP contribution in [0.15, 0.2) is 48.5 Å². The third-order valence-corrected chi connectivity index (χ3v) is 3.62. The first-order chi connectivity index (χ1) is 10.7. The topological polar surface area (TPSA) is 44.5 Å². The van der Waals surface area contributed by atoms with Crippen LogP contribution >= 0.6 is 0 Å². The number of nitrogens with two attached hydrogens (primary N) is 1. The van der Waals surface area contributed by atoms with Gasteiger partial charge in [0, 0.05) is 11.5 Å². The van der Waals surface area contributed by atoms with Crippen molar-refractivity contribution in [1.29, 1.82) is 0 Å². The molecule has 0 aliphatic rings. The summed E-state index contributed by atoms with van der Waals surface area (Å²) in [6.45, 7) is 4.69. The lowest BCUT2D eigenvalue weighted by Crippen LogP contribution is -2.10. The van der Waals surface area contributed by atoms with Crippen LogP contribution in [0.4, 0.5) is 0 Å². The fourth-order valence-corrected chi connectivity index (χ4v) is 2.67. The van der Waals surface area contributed by atoms with Crippen LogP contribution in [0, 0.1) is 0 Å². The Bertz CT molecular complexity index is 578. The van der Waals surface area contributed by atoms with Crippen LogP contribution in [-0.2, 0) is 0 Å². The van der Waals surface area contributed by atoms with Crippen molar-refractivity contribution in [3.63, 3.8) is 0 Å². The van der Waals surface area contributed by atoms with E-state index in [2.05, 4.69) is 18.2 Å². The number of ether oxygens (including phenoxy) is 2. The third-order valence-electron chi connectivity index (χ3n) is 3.62. The molecular formula is C19H25NO2. The molecule has 3 heteroatoms. The predicted octanol–water partition coefficient (Wildman–Crippen LogP) is 3.96. The Morgan fingerprint density at radius 1 is 1.00 bits per heavy atom. The van der Waals surface area contributed by atoms with Crippen molar-refractivity contribution in [2.24, 2.45) is 5.73 Å². The lowest BCUT2D eigenvalue weighted by atomic mass is 9.88. The van der Waals surface area contributed by atoms with E-state index in [1.54, 1.807) is 7.11 Å². The number of benzene rings is 2. The zero-order chi connectivity index (χ0) is 15.9. The predicted molar refractivity (Wildman–Crippen MR) is 90.7 cm³/mol. The summed E-state index contributed by atoms with van der Waals surface area (Å²) < 4.78 is 11.2. The minimum Gasteiger partial charge on any atom is -0.496 e. The van der Waals surface area contributed by atoms with Crippen molar-refractivity contribution < 1.29 is 9.47 Å². The number of methoxy groups -OCH3 is 1. The average Bonchev–Trinajstić information content (AvgIpc) is 2.53. The Labute approximate surface area is 133 Å². The van der Waals surface area contributed by atoms with Gasteiger partial charge >= 0.3 is 0 Å². The average molecular weight is 299 g/mol. The lowest BCUT2D eigenvalue weighted by Gasteiger charge is -2.20. The highest BCUT2D eigenvalue weighted by atomic mass is 16.5. The van der Waals surface area contributed by atoms with Crippen LogP contribution in [0.3, 0.4) is 0 Å². The molecule has 0 unspecified atom stereocenters. The molecule has 2 aromatic carbocycles. The highest BCUT2D eigenvalue weighted by Crippen LogP contribution is 2.34. The van der Waals surface area contributed by atoms with Crippen LogP contribution in [0.5, 0.6) is 11.5 Å². The van der Waals surface area contributed by atoms with Gasteiger partial charge in [-0.2, -0.15) is 0 Å². The second kappa shape index (κ2) is 7.85. The van der Waals surface area contributed by atoms with Gasteiger partial charge in [-0.25, -0.2) is 0 Å². The standard InChI is InChI=1S/C19H25NO2/c1-14(2)22-16-10-8-15(9-11-16)17(12-13-20)18-6-4-5-7-19(18)21-3/h4-11,14,17H,12-13,20H2,1-3H3/t17-/m0/s1. The minimum absolute atomic E-state index is 0.180. The van der Waals surface area contributed by atoms with Crippen molar-refractivity contribution in [3.05, 3.63) is 59.7 Å². The van der Waals surface area contributed by atoms with Crippen LogP contribution < -0.4 is 15.2 Å². The zero-order valence-corrected chi connectivity index (χ0v) is 13.6. The molecule has 0 radical (unpaired) electrons. The summed E-state index contributed by atoms with van der Waals surface area (Å²) in [4.78, 5) is 0. The molecule has 3 nitrogen and oxygen atoms in total. The van der Waals surface area contributed by atoms with Crippen molar-refractivity contribution in [3.8, 4) is 11.5 Å². The quantitative estimate of drug-likeness (QED) is 0.841. The molecule has 0 heterocycles. The number of hydrogen-bond donors (Lipinski definition) is 1. The monoisotopic (exact) mass is 299 g/mol. The zero-order valence-electron chi connectivity index (χ0n) is 13.6. The lowest BCUT2D eigenvalue weighted by molar-refractivity contribution is 0.242. The molecule has 1 atom stereocenters. The van der Waals surface area contributed by atoms with Crippen molar-refractivity contribution in [2.45, 2.75) is 32.3 Å². The number of hydrogen-bond acceptors (Lipinski definition) is 3. The van der Waals surface area contributed by atoms with Gasteiger partial charge in [0.2, 0.25) is 0 Å². The molecule has 0 amide bonds. The molecular weight excluding hydrogens is 274 g/mol. The maximum Gasteiger partial charge on any atom is 0.122 e. The fourth-order valence-electron chi connectivity index (χ4n) is 2.67. The molecule has 0 spiro atoms. The molecule has 0 aromatic heterocycles. The summed E-state index contributed by atoms with van der Waals surface area (Å²) >= 11 is 0. The molecule has 2 N–H and O–H groups in total. The largest absolute Gasteiger partial charge is 0.496 e. The van der Waals surface area contributed by atoms with E-state index < -0.39 is 0 Å². The maximum atomic E-state index is 5.83. The third kappa shape index (κ3) is 4.01. The van der Waals surface area contributed by atoms with Crippen molar-refractivity contribution >= 4 is 0 Å². The van der Waals surface area contributed by atoms with Crippen LogP contribution in [0.25, 0.3) is 0 Å². The second-order valence-corrected chi connectivity index (χ2v) is 5.61. The first-order valence-electron chi connectivity index (χ1n) is 7.75. The summed E-state index contributed by atoms with van der Waals surface area (Å²) in [5, 5.41) is 0. The highest BCUT2D eigenvalue weighted by molar-refractivity contribution is 5.43. The Morgan fingerprint density at radius 2 is 1.68 bits per heavy atom. The highest BCUT2D eigenvalue weighted by Gasteiger charge is 2.17. The number of rotatable bonds is 7. The van der Waals surface area contributed by atoms with Gasteiger partial charge < -0.3 is 15.2 Å². The van der Waals surface area contributed by atoms with Gasteiger partial charge in [-0.15, -0.1) is 0 Å². The Kier molecular flexibility index (Phi) is 5.84. The van der Waals surface area contributed by atoms with E-state index in [9.17, 15) is 0 Å². The van der Waals surface area contributed by atoms with Gasteiger partial charge in [0.05, 0.1) is 13.2 Å². The van der Waals surface area contributed by atoms with Gasteiger partial charge in [-0.3, -0.25) is 0 Å². The van der Waals surface area contributed by atoms with E-state index in [4.69, 9.17) is 15.2 Å². The van der Waals surface area contributed by atoms with E-state index in [-0.39, 0.29) is 12.0 Å². The molecule has 0 aliphatic heterocycles. The molecule has 0 bridgehead atoms. The van der Waals surface area contributed by atoms with E-state index >= 15 is 0 Å². The van der Waals surface area contributed by atoms with Gasteiger partial charge in [0.25, 0.3) is 0 Å². The Balaban J connectivity index is 2.31. The molecule has 0 fully saturated rings. The summed E-state index contributed by atoms with van der Waals surface area (Å²) in [7, 11) is 1.71.